The maximum absolute atomic E-state index is 12.8. The molecule has 0 radical (unpaired) electrons. The highest BCUT2D eigenvalue weighted by molar-refractivity contribution is 6.07. The van der Waals surface area contributed by atoms with E-state index >= 15 is 0 Å². The summed E-state index contributed by atoms with van der Waals surface area (Å²) in [5.74, 6) is 0.124. The van der Waals surface area contributed by atoms with E-state index in [0.29, 0.717) is 13.2 Å². The lowest BCUT2D eigenvalue weighted by Crippen LogP contribution is -2.54. The van der Waals surface area contributed by atoms with Gasteiger partial charge in [0, 0.05) is 13.1 Å². The van der Waals surface area contributed by atoms with Crippen molar-refractivity contribution in [1.29, 1.82) is 0 Å². The Balaban J connectivity index is 1.71. The van der Waals surface area contributed by atoms with E-state index in [1.165, 1.54) is 4.90 Å². The van der Waals surface area contributed by atoms with Crippen LogP contribution in [0.15, 0.2) is 0 Å². The van der Waals surface area contributed by atoms with Crippen LogP contribution in [-0.2, 0) is 4.79 Å². The Kier molecular flexibility index (Phi) is 3.92. The van der Waals surface area contributed by atoms with E-state index in [0.717, 1.165) is 45.1 Å². The van der Waals surface area contributed by atoms with Crippen molar-refractivity contribution in [2.45, 2.75) is 57.1 Å². The Hall–Kier alpha value is -1.14. The lowest BCUT2D eigenvalue weighted by molar-refractivity contribution is -0.136. The van der Waals surface area contributed by atoms with Gasteiger partial charge in [-0.25, -0.2) is 9.69 Å². The summed E-state index contributed by atoms with van der Waals surface area (Å²) in [6.07, 6.45) is 5.23. The van der Waals surface area contributed by atoms with Crippen LogP contribution >= 0.6 is 0 Å². The molecule has 3 rings (SSSR count). The highest BCUT2D eigenvalue weighted by Crippen LogP contribution is 2.38. The van der Waals surface area contributed by atoms with Gasteiger partial charge in [-0.1, -0.05) is 19.8 Å². The fourth-order valence-corrected chi connectivity index (χ4v) is 3.98. The van der Waals surface area contributed by atoms with E-state index in [1.54, 1.807) is 0 Å². The van der Waals surface area contributed by atoms with Gasteiger partial charge in [0.05, 0.1) is 12.8 Å². The summed E-state index contributed by atoms with van der Waals surface area (Å²) < 4.78 is 0. The number of imide groups is 1. The zero-order valence-corrected chi connectivity index (χ0v) is 12.7. The first kappa shape index (κ1) is 14.8. The summed E-state index contributed by atoms with van der Waals surface area (Å²) in [6, 6.07) is -0.270. The second-order valence-electron chi connectivity index (χ2n) is 6.80. The highest BCUT2D eigenvalue weighted by Gasteiger charge is 2.55. The summed E-state index contributed by atoms with van der Waals surface area (Å²) in [4.78, 5) is 28.4. The Bertz CT molecular complexity index is 442. The van der Waals surface area contributed by atoms with Crippen molar-refractivity contribution >= 4 is 11.9 Å². The number of amides is 3. The molecule has 6 heteroatoms. The van der Waals surface area contributed by atoms with Crippen molar-refractivity contribution in [2.75, 3.05) is 19.8 Å². The van der Waals surface area contributed by atoms with E-state index in [-0.39, 0.29) is 24.0 Å². The molecule has 0 unspecified atom stereocenters. The normalized spacial score (nSPS) is 38.1. The van der Waals surface area contributed by atoms with Crippen LogP contribution in [-0.4, -0.2) is 58.2 Å². The van der Waals surface area contributed by atoms with Gasteiger partial charge in [-0.05, 0) is 31.6 Å². The minimum atomic E-state index is -0.677. The van der Waals surface area contributed by atoms with Crippen LogP contribution in [0.2, 0.25) is 0 Å². The molecule has 2 heterocycles. The summed E-state index contributed by atoms with van der Waals surface area (Å²) in [5, 5.41) is 12.7. The fourth-order valence-electron chi connectivity index (χ4n) is 3.98. The topological polar surface area (TPSA) is 72.9 Å². The number of β-amino-alcohol motifs (C(OH)–C–C–N with tert-alkyl or cyclic N) is 1. The Morgan fingerprint density at radius 1 is 1.29 bits per heavy atom. The van der Waals surface area contributed by atoms with E-state index in [9.17, 15) is 14.7 Å². The molecule has 1 saturated carbocycles. The smallest absolute Gasteiger partial charge is 0.326 e. The molecule has 0 aromatic carbocycles. The molecule has 0 aromatic rings. The number of carbonyl (C=O) groups is 2. The third-order valence-electron chi connectivity index (χ3n) is 5.32. The molecule has 1 aliphatic carbocycles. The summed E-state index contributed by atoms with van der Waals surface area (Å²) in [6.45, 7) is 3.73. The van der Waals surface area contributed by atoms with Gasteiger partial charge in [0.15, 0.2) is 0 Å². The molecule has 6 nitrogen and oxygen atoms in total. The molecule has 118 valence electrons. The van der Waals surface area contributed by atoms with Crippen LogP contribution in [0.5, 0.6) is 0 Å². The van der Waals surface area contributed by atoms with Crippen molar-refractivity contribution in [3.63, 3.8) is 0 Å². The molecular formula is C15H25N3O3. The van der Waals surface area contributed by atoms with Crippen molar-refractivity contribution in [2.24, 2.45) is 5.92 Å². The SMILES string of the molecule is C[C@@H]1CCCC[C@]12NC(=O)N(CN1CCC[C@H](O)C1)C2=O. The molecule has 2 saturated heterocycles. The highest BCUT2D eigenvalue weighted by atomic mass is 16.3. The third kappa shape index (κ3) is 2.55. The average molecular weight is 295 g/mol. The second kappa shape index (κ2) is 5.57. The molecule has 3 aliphatic rings. The lowest BCUT2D eigenvalue weighted by Gasteiger charge is -2.37. The number of nitrogens with zero attached hydrogens (tertiary/aromatic N) is 2. The minimum Gasteiger partial charge on any atom is -0.392 e. The largest absolute Gasteiger partial charge is 0.392 e. The molecule has 0 aromatic heterocycles. The number of urea groups is 1. The maximum Gasteiger partial charge on any atom is 0.326 e. The number of piperidine rings is 1. The number of nitrogens with one attached hydrogen (secondary N) is 1. The summed E-state index contributed by atoms with van der Waals surface area (Å²) >= 11 is 0. The van der Waals surface area contributed by atoms with Crippen molar-refractivity contribution in [3.8, 4) is 0 Å². The standard InChI is InChI=1S/C15H25N3O3/c1-11-5-2-3-7-15(11)13(20)18(14(21)16-15)10-17-8-4-6-12(19)9-17/h11-12,19H,2-10H2,1H3,(H,16,21)/t11-,12+,15+/m1/s1. The van der Waals surface area contributed by atoms with E-state index < -0.39 is 5.54 Å². The van der Waals surface area contributed by atoms with Gasteiger partial charge in [0.2, 0.25) is 0 Å². The van der Waals surface area contributed by atoms with Crippen molar-refractivity contribution in [3.05, 3.63) is 0 Å². The monoisotopic (exact) mass is 295 g/mol. The minimum absolute atomic E-state index is 0.0697. The lowest BCUT2D eigenvalue weighted by atomic mass is 9.73. The molecule has 3 atom stereocenters. The number of carbonyl (C=O) groups excluding carboxylic acids is 2. The molecule has 2 N–H and O–H groups in total. The summed E-state index contributed by atoms with van der Waals surface area (Å²) in [7, 11) is 0. The number of hydrogen-bond donors (Lipinski definition) is 2. The second-order valence-corrected chi connectivity index (χ2v) is 6.80. The molecule has 2 aliphatic heterocycles. The number of aliphatic hydroxyl groups is 1. The number of aliphatic hydroxyl groups excluding tert-OH is 1. The molecule has 1 spiro atoms. The van der Waals surface area contributed by atoms with Crippen LogP contribution in [0.1, 0.15) is 45.4 Å². The van der Waals surface area contributed by atoms with Gasteiger partial charge in [-0.3, -0.25) is 9.69 Å². The molecular weight excluding hydrogens is 270 g/mol. The fraction of sp³-hybridized carbons (Fsp3) is 0.867. The van der Waals surface area contributed by atoms with Crippen molar-refractivity contribution in [1.82, 2.24) is 15.1 Å². The van der Waals surface area contributed by atoms with Crippen LogP contribution in [0, 0.1) is 5.92 Å². The van der Waals surface area contributed by atoms with E-state index in [1.807, 2.05) is 4.90 Å². The Morgan fingerprint density at radius 3 is 2.81 bits per heavy atom. The third-order valence-corrected chi connectivity index (χ3v) is 5.32. The first-order valence-electron chi connectivity index (χ1n) is 8.07. The van der Waals surface area contributed by atoms with Gasteiger partial charge < -0.3 is 10.4 Å². The molecule has 3 fully saturated rings. The Morgan fingerprint density at radius 2 is 2.10 bits per heavy atom. The van der Waals surface area contributed by atoms with Crippen LogP contribution in [0.25, 0.3) is 0 Å². The quantitative estimate of drug-likeness (QED) is 0.743. The molecule has 3 amide bonds. The molecule has 0 bridgehead atoms. The number of rotatable bonds is 2. The first-order valence-corrected chi connectivity index (χ1v) is 8.07. The van der Waals surface area contributed by atoms with Gasteiger partial charge in [0.1, 0.15) is 5.54 Å². The Labute approximate surface area is 125 Å². The van der Waals surface area contributed by atoms with E-state index in [2.05, 4.69) is 12.2 Å². The van der Waals surface area contributed by atoms with Gasteiger partial charge in [0.25, 0.3) is 5.91 Å². The van der Waals surface area contributed by atoms with Crippen molar-refractivity contribution < 1.29 is 14.7 Å². The van der Waals surface area contributed by atoms with Crippen LogP contribution in [0.3, 0.4) is 0 Å². The van der Waals surface area contributed by atoms with Gasteiger partial charge in [-0.15, -0.1) is 0 Å². The molecule has 21 heavy (non-hydrogen) atoms. The predicted molar refractivity (Wildman–Crippen MR) is 77.4 cm³/mol. The first-order chi connectivity index (χ1) is 10.0. The summed E-state index contributed by atoms with van der Waals surface area (Å²) in [5.41, 5.74) is -0.677. The van der Waals surface area contributed by atoms with Crippen LogP contribution in [0.4, 0.5) is 4.79 Å². The van der Waals surface area contributed by atoms with Gasteiger partial charge >= 0.3 is 6.03 Å². The number of hydrogen-bond acceptors (Lipinski definition) is 4. The number of likely N-dealkylation sites (tertiary alicyclic amines) is 1. The zero-order valence-electron chi connectivity index (χ0n) is 12.7. The average Bonchev–Trinajstić information content (AvgIpc) is 2.68. The van der Waals surface area contributed by atoms with Crippen LogP contribution < -0.4 is 5.32 Å². The van der Waals surface area contributed by atoms with Gasteiger partial charge in [-0.2, -0.15) is 0 Å². The predicted octanol–water partition coefficient (Wildman–Crippen LogP) is 0.901. The zero-order chi connectivity index (χ0) is 15.0. The maximum atomic E-state index is 12.8. The van der Waals surface area contributed by atoms with E-state index in [4.69, 9.17) is 0 Å².